The number of likely N-dealkylation sites (tertiary alicyclic amines) is 1. The highest BCUT2D eigenvalue weighted by Crippen LogP contribution is 2.31. The summed E-state index contributed by atoms with van der Waals surface area (Å²) >= 11 is 0. The lowest BCUT2D eigenvalue weighted by atomic mass is 10.1. The van der Waals surface area contributed by atoms with Crippen molar-refractivity contribution in [3.8, 4) is 5.75 Å². The van der Waals surface area contributed by atoms with E-state index in [1.54, 1.807) is 28.9 Å². The zero-order valence-corrected chi connectivity index (χ0v) is 17.6. The van der Waals surface area contributed by atoms with Gasteiger partial charge in [-0.25, -0.2) is 9.37 Å². The predicted octanol–water partition coefficient (Wildman–Crippen LogP) is 1.94. The summed E-state index contributed by atoms with van der Waals surface area (Å²) in [6, 6.07) is 5.54. The van der Waals surface area contributed by atoms with E-state index in [-0.39, 0.29) is 29.7 Å². The predicted molar refractivity (Wildman–Crippen MR) is 110 cm³/mol. The standard InChI is InChI=1S/C22H25FN4O4/c1-13(31-19-8-4-3-6-16(19)23)22(30)27-10-5-7-18(27)20-24-17-12-26(14(2)28)11-9-15(17)21(29)25-20/h3-4,6,8,13,18H,5,7,9-12H2,1-2H3,(H,24,25,29)/t13-,18-/m1/s1. The number of nitrogens with zero attached hydrogens (tertiary/aromatic N) is 3. The van der Waals surface area contributed by atoms with Gasteiger partial charge in [0.05, 0.1) is 18.3 Å². The van der Waals surface area contributed by atoms with Gasteiger partial charge in [-0.3, -0.25) is 14.4 Å². The maximum atomic E-state index is 13.9. The molecule has 2 aliphatic rings. The van der Waals surface area contributed by atoms with Crippen LogP contribution >= 0.6 is 0 Å². The third kappa shape index (κ3) is 4.17. The Bertz CT molecular complexity index is 1070. The summed E-state index contributed by atoms with van der Waals surface area (Å²) < 4.78 is 19.5. The molecule has 2 atom stereocenters. The van der Waals surface area contributed by atoms with E-state index in [0.29, 0.717) is 43.0 Å². The average Bonchev–Trinajstić information content (AvgIpc) is 3.24. The molecule has 0 unspecified atom stereocenters. The molecule has 0 bridgehead atoms. The zero-order chi connectivity index (χ0) is 22.1. The Kier molecular flexibility index (Phi) is 5.75. The Hall–Kier alpha value is -3.23. The Balaban J connectivity index is 1.56. The number of aromatic nitrogens is 2. The second-order valence-electron chi connectivity index (χ2n) is 7.95. The van der Waals surface area contributed by atoms with E-state index >= 15 is 0 Å². The number of benzene rings is 1. The molecule has 0 saturated carbocycles. The third-order valence-electron chi connectivity index (χ3n) is 5.88. The Morgan fingerprint density at radius 3 is 2.81 bits per heavy atom. The van der Waals surface area contributed by atoms with Gasteiger partial charge in [-0.05, 0) is 38.3 Å². The van der Waals surface area contributed by atoms with Crippen molar-refractivity contribution in [3.05, 3.63) is 57.5 Å². The molecular weight excluding hydrogens is 403 g/mol. The van der Waals surface area contributed by atoms with Crippen LogP contribution in [0.15, 0.2) is 29.1 Å². The minimum Gasteiger partial charge on any atom is -0.478 e. The summed E-state index contributed by atoms with van der Waals surface area (Å²) in [5.41, 5.74) is 0.946. The largest absolute Gasteiger partial charge is 0.478 e. The molecule has 0 aliphatic carbocycles. The lowest BCUT2D eigenvalue weighted by Gasteiger charge is -2.29. The van der Waals surface area contributed by atoms with Crippen LogP contribution in [0, 0.1) is 5.82 Å². The number of H-pyrrole nitrogens is 1. The summed E-state index contributed by atoms with van der Waals surface area (Å²) in [6.07, 6.45) is 0.966. The van der Waals surface area contributed by atoms with Crippen molar-refractivity contribution in [3.63, 3.8) is 0 Å². The fourth-order valence-electron chi connectivity index (χ4n) is 4.21. The molecule has 8 nitrogen and oxygen atoms in total. The van der Waals surface area contributed by atoms with E-state index in [9.17, 15) is 18.8 Å². The number of rotatable bonds is 4. The number of fused-ring (bicyclic) bond motifs is 1. The monoisotopic (exact) mass is 428 g/mol. The molecule has 1 aromatic carbocycles. The van der Waals surface area contributed by atoms with Gasteiger partial charge >= 0.3 is 0 Å². The van der Waals surface area contributed by atoms with Crippen molar-refractivity contribution in [2.45, 2.75) is 51.8 Å². The van der Waals surface area contributed by atoms with Crippen LogP contribution in [0.25, 0.3) is 0 Å². The Morgan fingerprint density at radius 1 is 1.29 bits per heavy atom. The van der Waals surface area contributed by atoms with Crippen LogP contribution in [0.2, 0.25) is 0 Å². The highest BCUT2D eigenvalue weighted by atomic mass is 19.1. The molecule has 4 rings (SSSR count). The first kappa shape index (κ1) is 21.0. The van der Waals surface area contributed by atoms with Gasteiger partial charge in [0, 0.05) is 25.6 Å². The smallest absolute Gasteiger partial charge is 0.263 e. The van der Waals surface area contributed by atoms with Crippen molar-refractivity contribution in [1.82, 2.24) is 19.8 Å². The minimum atomic E-state index is -0.893. The molecule has 1 fully saturated rings. The second kappa shape index (κ2) is 8.49. The number of hydrogen-bond acceptors (Lipinski definition) is 5. The molecule has 2 aliphatic heterocycles. The molecule has 9 heteroatoms. The first-order chi connectivity index (χ1) is 14.8. The van der Waals surface area contributed by atoms with Crippen LogP contribution in [-0.2, 0) is 22.6 Å². The molecule has 2 amide bonds. The van der Waals surface area contributed by atoms with Crippen LogP contribution in [0.5, 0.6) is 5.75 Å². The maximum absolute atomic E-state index is 13.9. The van der Waals surface area contributed by atoms with Gasteiger partial charge in [-0.15, -0.1) is 0 Å². The van der Waals surface area contributed by atoms with Crippen LogP contribution in [0.4, 0.5) is 4.39 Å². The number of amides is 2. The summed E-state index contributed by atoms with van der Waals surface area (Å²) in [5, 5.41) is 0. The van der Waals surface area contributed by atoms with Crippen LogP contribution in [-0.4, -0.2) is 50.8 Å². The van der Waals surface area contributed by atoms with E-state index in [4.69, 9.17) is 4.74 Å². The molecular formula is C22H25FN4O4. The van der Waals surface area contributed by atoms with Gasteiger partial charge in [-0.1, -0.05) is 12.1 Å². The lowest BCUT2D eigenvalue weighted by molar-refractivity contribution is -0.139. The number of nitrogens with one attached hydrogen (secondary N) is 1. The summed E-state index contributed by atoms with van der Waals surface area (Å²) in [6.45, 7) is 4.35. The van der Waals surface area contributed by atoms with Gasteiger partial charge in [0.2, 0.25) is 5.91 Å². The number of aromatic amines is 1. The van der Waals surface area contributed by atoms with Crippen molar-refractivity contribution in [1.29, 1.82) is 0 Å². The highest BCUT2D eigenvalue weighted by molar-refractivity contribution is 5.81. The van der Waals surface area contributed by atoms with E-state index in [1.807, 2.05) is 0 Å². The number of hydrogen-bond donors (Lipinski definition) is 1. The Labute approximate surface area is 179 Å². The number of ether oxygens (including phenoxy) is 1. The molecule has 1 N–H and O–H groups in total. The van der Waals surface area contributed by atoms with Gasteiger partial charge < -0.3 is 19.5 Å². The van der Waals surface area contributed by atoms with E-state index in [2.05, 4.69) is 9.97 Å². The number of para-hydroxylation sites is 1. The fraction of sp³-hybridized carbons (Fsp3) is 0.455. The molecule has 31 heavy (non-hydrogen) atoms. The van der Waals surface area contributed by atoms with Gasteiger partial charge in [0.1, 0.15) is 5.82 Å². The summed E-state index contributed by atoms with van der Waals surface area (Å²) in [7, 11) is 0. The topological polar surface area (TPSA) is 95.6 Å². The second-order valence-corrected chi connectivity index (χ2v) is 7.95. The molecule has 2 aromatic rings. The van der Waals surface area contributed by atoms with E-state index in [1.165, 1.54) is 19.1 Å². The fourth-order valence-corrected chi connectivity index (χ4v) is 4.21. The molecule has 0 radical (unpaired) electrons. The number of carbonyl (C=O) groups excluding carboxylic acids is 2. The molecule has 1 aromatic heterocycles. The van der Waals surface area contributed by atoms with Crippen molar-refractivity contribution in [2.24, 2.45) is 0 Å². The molecule has 164 valence electrons. The van der Waals surface area contributed by atoms with Crippen molar-refractivity contribution < 1.29 is 18.7 Å². The SMILES string of the molecule is CC(=O)N1CCc2c(nc([C@H]3CCCN3C(=O)[C@@H](C)Oc3ccccc3F)[nH]c2=O)C1. The van der Waals surface area contributed by atoms with Crippen molar-refractivity contribution >= 4 is 11.8 Å². The quantitative estimate of drug-likeness (QED) is 0.803. The average molecular weight is 428 g/mol. The van der Waals surface area contributed by atoms with Crippen LogP contribution in [0.1, 0.15) is 49.8 Å². The normalized spacial score (nSPS) is 19.1. The first-order valence-electron chi connectivity index (χ1n) is 10.4. The van der Waals surface area contributed by atoms with Gasteiger partial charge in [0.15, 0.2) is 17.7 Å². The van der Waals surface area contributed by atoms with Crippen LogP contribution in [0.3, 0.4) is 0 Å². The number of halogens is 1. The summed E-state index contributed by atoms with van der Waals surface area (Å²) in [4.78, 5) is 48.2. The number of carbonyl (C=O) groups is 2. The maximum Gasteiger partial charge on any atom is 0.263 e. The van der Waals surface area contributed by atoms with Crippen LogP contribution < -0.4 is 10.3 Å². The first-order valence-corrected chi connectivity index (χ1v) is 10.4. The van der Waals surface area contributed by atoms with Gasteiger partial charge in [0.25, 0.3) is 11.5 Å². The lowest BCUT2D eigenvalue weighted by Crippen LogP contribution is -2.42. The summed E-state index contributed by atoms with van der Waals surface area (Å²) in [5.74, 6) is -0.458. The molecule has 3 heterocycles. The molecule has 0 spiro atoms. The highest BCUT2D eigenvalue weighted by Gasteiger charge is 2.36. The van der Waals surface area contributed by atoms with Gasteiger partial charge in [-0.2, -0.15) is 0 Å². The minimum absolute atomic E-state index is 0.0173. The van der Waals surface area contributed by atoms with Crippen molar-refractivity contribution in [2.75, 3.05) is 13.1 Å². The van der Waals surface area contributed by atoms with E-state index < -0.39 is 18.0 Å². The third-order valence-corrected chi connectivity index (χ3v) is 5.88. The Morgan fingerprint density at radius 2 is 2.06 bits per heavy atom. The zero-order valence-electron chi connectivity index (χ0n) is 17.6. The van der Waals surface area contributed by atoms with E-state index in [0.717, 1.165) is 6.42 Å². The molecule has 1 saturated heterocycles.